The molecule has 33 heavy (non-hydrogen) atoms. The second-order valence-corrected chi connectivity index (χ2v) is 8.73. The summed E-state index contributed by atoms with van der Waals surface area (Å²) < 4.78 is 12.6. The third kappa shape index (κ3) is 5.40. The number of nitrogens with one attached hydrogen (secondary N) is 1. The Labute approximate surface area is 196 Å². The minimum Gasteiger partial charge on any atom is -0.497 e. The molecule has 1 aliphatic heterocycles. The molecular formula is C25H26N4O3S. The van der Waals surface area contributed by atoms with Gasteiger partial charge >= 0.3 is 0 Å². The lowest BCUT2D eigenvalue weighted by molar-refractivity contribution is -0.118. The molecule has 0 spiro atoms. The van der Waals surface area contributed by atoms with Crippen molar-refractivity contribution < 1.29 is 14.3 Å². The first kappa shape index (κ1) is 22.5. The maximum atomic E-state index is 11.8. The van der Waals surface area contributed by atoms with Crippen LogP contribution in [0.4, 0.5) is 5.69 Å². The first-order valence-corrected chi connectivity index (χ1v) is 11.4. The molecular weight excluding hydrogens is 436 g/mol. The number of carbonyl (C=O) groups excluding carboxylic acids is 1. The summed E-state index contributed by atoms with van der Waals surface area (Å²) >= 11 is 1.52. The number of nitrogens with zero attached hydrogens (tertiary/aromatic N) is 3. The van der Waals surface area contributed by atoms with Crippen molar-refractivity contribution in [3.63, 3.8) is 0 Å². The smallest absolute Gasteiger partial charge is 0.262 e. The number of thiazole rings is 1. The molecule has 1 aliphatic rings. The van der Waals surface area contributed by atoms with Crippen molar-refractivity contribution in [3.8, 4) is 22.8 Å². The molecule has 3 aromatic rings. The fourth-order valence-electron chi connectivity index (χ4n) is 3.39. The highest BCUT2D eigenvalue weighted by atomic mass is 32.1. The molecule has 0 atom stereocenters. The van der Waals surface area contributed by atoms with E-state index in [0.29, 0.717) is 24.4 Å². The summed E-state index contributed by atoms with van der Waals surface area (Å²) in [5.41, 5.74) is 5.50. The number of hydrogen-bond acceptors (Lipinski definition) is 6. The van der Waals surface area contributed by atoms with E-state index in [1.807, 2.05) is 66.4 Å². The molecule has 0 unspecified atom stereocenters. The van der Waals surface area contributed by atoms with Crippen LogP contribution >= 0.6 is 11.3 Å². The Morgan fingerprint density at radius 2 is 2.03 bits per heavy atom. The molecule has 0 saturated carbocycles. The lowest BCUT2D eigenvalue weighted by atomic mass is 10.1. The van der Waals surface area contributed by atoms with Crippen LogP contribution in [0.2, 0.25) is 0 Å². The first-order chi connectivity index (χ1) is 15.9. The topological polar surface area (TPSA) is 77.2 Å². The van der Waals surface area contributed by atoms with E-state index < -0.39 is 0 Å². The molecule has 1 N–H and O–H groups in total. The number of amides is 1. The van der Waals surface area contributed by atoms with Gasteiger partial charge < -0.3 is 14.8 Å². The van der Waals surface area contributed by atoms with Crippen molar-refractivity contribution in [2.45, 2.75) is 20.3 Å². The number of ether oxygens (including phenoxy) is 2. The van der Waals surface area contributed by atoms with Gasteiger partial charge in [-0.15, -0.1) is 11.3 Å². The fourth-order valence-corrected chi connectivity index (χ4v) is 4.22. The van der Waals surface area contributed by atoms with E-state index in [1.165, 1.54) is 11.3 Å². The third-order valence-electron chi connectivity index (χ3n) is 4.97. The van der Waals surface area contributed by atoms with Crippen LogP contribution < -0.4 is 19.6 Å². The number of rotatable bonds is 7. The molecule has 170 valence electrons. The normalized spacial score (nSPS) is 13.8. The Morgan fingerprint density at radius 1 is 1.24 bits per heavy atom. The lowest BCUT2D eigenvalue weighted by Gasteiger charge is -2.18. The van der Waals surface area contributed by atoms with Crippen molar-refractivity contribution in [3.05, 3.63) is 70.4 Å². The highest BCUT2D eigenvalue weighted by Gasteiger charge is 2.18. The zero-order valence-electron chi connectivity index (χ0n) is 18.9. The number of hydrogen-bond donors (Lipinski definition) is 1. The van der Waals surface area contributed by atoms with Crippen molar-refractivity contribution in [2.24, 2.45) is 10.1 Å². The molecule has 0 radical (unpaired) electrons. The summed E-state index contributed by atoms with van der Waals surface area (Å²) in [4.78, 5) is 17.2. The molecule has 0 saturated heterocycles. The van der Waals surface area contributed by atoms with Gasteiger partial charge in [0, 0.05) is 23.1 Å². The summed E-state index contributed by atoms with van der Waals surface area (Å²) in [5, 5.41) is 9.80. The number of aromatic nitrogens is 1. The van der Waals surface area contributed by atoms with E-state index >= 15 is 0 Å². The fraction of sp³-hybridized carbons (Fsp3) is 0.240. The van der Waals surface area contributed by atoms with Gasteiger partial charge in [0.2, 0.25) is 4.80 Å². The van der Waals surface area contributed by atoms with E-state index in [4.69, 9.17) is 19.6 Å². The first-order valence-electron chi connectivity index (χ1n) is 10.5. The number of anilines is 1. The van der Waals surface area contributed by atoms with Gasteiger partial charge in [-0.05, 0) is 49.7 Å². The van der Waals surface area contributed by atoms with Gasteiger partial charge in [0.25, 0.3) is 5.91 Å². The van der Waals surface area contributed by atoms with Crippen LogP contribution in [0.5, 0.6) is 11.5 Å². The molecule has 1 aromatic heterocycles. The molecule has 8 heteroatoms. The standard InChI is InChI=1S/C25H26N4O3S/c1-16(2)13-26-25-29(28-17(3)11-18-5-8-20(31-4)9-6-18)22(15-33-25)19-7-10-23-21(12-19)27-24(30)14-32-23/h5-10,12,15H,1,11,13-14H2,2-4H3,(H,27,30). The van der Waals surface area contributed by atoms with Gasteiger partial charge in [-0.25, -0.2) is 4.68 Å². The van der Waals surface area contributed by atoms with Gasteiger partial charge in [0.05, 0.1) is 25.0 Å². The zero-order chi connectivity index (χ0) is 23.4. The van der Waals surface area contributed by atoms with Gasteiger partial charge in [-0.2, -0.15) is 5.10 Å². The highest BCUT2D eigenvalue weighted by molar-refractivity contribution is 7.07. The van der Waals surface area contributed by atoms with E-state index in [1.54, 1.807) is 7.11 Å². The minimum absolute atomic E-state index is 0.0313. The van der Waals surface area contributed by atoms with Crippen LogP contribution in [0.15, 0.2) is 70.1 Å². The van der Waals surface area contributed by atoms with Crippen LogP contribution in [0, 0.1) is 0 Å². The molecule has 2 aromatic carbocycles. The SMILES string of the molecule is C=C(C)CN=c1scc(-c2ccc3c(c2)NC(=O)CO3)n1N=C(C)Cc1ccc(OC)cc1. The average Bonchev–Trinajstić information content (AvgIpc) is 3.19. The third-order valence-corrected chi connectivity index (χ3v) is 5.82. The van der Waals surface area contributed by atoms with E-state index in [-0.39, 0.29) is 12.5 Å². The van der Waals surface area contributed by atoms with Crippen molar-refractivity contribution in [1.82, 2.24) is 4.68 Å². The average molecular weight is 463 g/mol. The van der Waals surface area contributed by atoms with Crippen LogP contribution in [-0.2, 0) is 11.2 Å². The van der Waals surface area contributed by atoms with Crippen LogP contribution in [0.3, 0.4) is 0 Å². The predicted molar refractivity (Wildman–Crippen MR) is 132 cm³/mol. The lowest BCUT2D eigenvalue weighted by Crippen LogP contribution is -2.25. The molecule has 0 aliphatic carbocycles. The Bertz CT molecular complexity index is 1290. The monoisotopic (exact) mass is 462 g/mol. The zero-order valence-corrected chi connectivity index (χ0v) is 19.7. The maximum Gasteiger partial charge on any atom is 0.262 e. The van der Waals surface area contributed by atoms with Crippen molar-refractivity contribution in [2.75, 3.05) is 25.6 Å². The predicted octanol–water partition coefficient (Wildman–Crippen LogP) is 4.50. The van der Waals surface area contributed by atoms with E-state index in [2.05, 4.69) is 11.9 Å². The van der Waals surface area contributed by atoms with Gasteiger partial charge in [0.1, 0.15) is 11.5 Å². The largest absolute Gasteiger partial charge is 0.497 e. The minimum atomic E-state index is -0.164. The summed E-state index contributed by atoms with van der Waals surface area (Å²) in [6, 6.07) is 13.7. The number of fused-ring (bicyclic) bond motifs is 1. The molecule has 0 bridgehead atoms. The van der Waals surface area contributed by atoms with Crippen LogP contribution in [-0.4, -0.2) is 36.6 Å². The van der Waals surface area contributed by atoms with Gasteiger partial charge in [0.15, 0.2) is 6.61 Å². The molecule has 1 amide bonds. The van der Waals surface area contributed by atoms with Crippen LogP contribution in [0.25, 0.3) is 11.3 Å². The summed E-state index contributed by atoms with van der Waals surface area (Å²) in [7, 11) is 1.66. The number of methoxy groups -OCH3 is 1. The second kappa shape index (κ2) is 9.87. The second-order valence-electron chi connectivity index (χ2n) is 7.90. The maximum absolute atomic E-state index is 11.8. The summed E-state index contributed by atoms with van der Waals surface area (Å²) in [5.74, 6) is 1.32. The van der Waals surface area contributed by atoms with Gasteiger partial charge in [-0.1, -0.05) is 24.3 Å². The van der Waals surface area contributed by atoms with E-state index in [0.717, 1.165) is 38.7 Å². The van der Waals surface area contributed by atoms with Crippen molar-refractivity contribution in [1.29, 1.82) is 0 Å². The van der Waals surface area contributed by atoms with Crippen molar-refractivity contribution >= 4 is 28.6 Å². The number of benzene rings is 2. The quantitative estimate of drug-likeness (QED) is 0.415. The van der Waals surface area contributed by atoms with E-state index in [9.17, 15) is 4.79 Å². The Kier molecular flexibility index (Phi) is 6.74. The molecule has 7 nitrogen and oxygen atoms in total. The van der Waals surface area contributed by atoms with Crippen LogP contribution in [0.1, 0.15) is 19.4 Å². The number of carbonyl (C=O) groups is 1. The molecule has 0 fully saturated rings. The highest BCUT2D eigenvalue weighted by Crippen LogP contribution is 2.33. The summed E-state index contributed by atoms with van der Waals surface area (Å²) in [6.07, 6.45) is 0.695. The Morgan fingerprint density at radius 3 is 2.76 bits per heavy atom. The van der Waals surface area contributed by atoms with Gasteiger partial charge in [-0.3, -0.25) is 9.79 Å². The Hall–Kier alpha value is -3.65. The Balaban J connectivity index is 1.72. The summed E-state index contributed by atoms with van der Waals surface area (Å²) in [6.45, 7) is 8.47. The molecule has 4 rings (SSSR count). The molecule has 2 heterocycles.